The predicted octanol–water partition coefficient (Wildman–Crippen LogP) is 1.29. The van der Waals surface area contributed by atoms with E-state index in [2.05, 4.69) is 15.5 Å². The highest BCUT2D eigenvalue weighted by atomic mass is 16.5. The van der Waals surface area contributed by atoms with Crippen molar-refractivity contribution in [1.82, 2.24) is 20.2 Å². The summed E-state index contributed by atoms with van der Waals surface area (Å²) in [6, 6.07) is 5.82. The van der Waals surface area contributed by atoms with E-state index in [1.54, 1.807) is 11.8 Å². The molecule has 2 rings (SSSR count). The van der Waals surface area contributed by atoms with Crippen molar-refractivity contribution < 1.29 is 4.74 Å². The van der Waals surface area contributed by atoms with Gasteiger partial charge in [0.2, 0.25) is 0 Å². The number of methoxy groups -OCH3 is 1. The molecule has 0 saturated heterocycles. The lowest BCUT2D eigenvalue weighted by Gasteiger charge is -2.07. The molecular weight excluding hydrogens is 192 g/mol. The van der Waals surface area contributed by atoms with Gasteiger partial charge in [0.05, 0.1) is 12.8 Å². The third-order valence-electron chi connectivity index (χ3n) is 2.25. The number of hydrogen-bond donors (Lipinski definition) is 0. The Morgan fingerprint density at radius 2 is 2.07 bits per heavy atom. The highest BCUT2D eigenvalue weighted by Crippen LogP contribution is 2.20. The molecule has 78 valence electrons. The topological polar surface area (TPSA) is 52.8 Å². The second kappa shape index (κ2) is 3.68. The van der Waals surface area contributed by atoms with E-state index < -0.39 is 0 Å². The van der Waals surface area contributed by atoms with E-state index in [-0.39, 0.29) is 0 Å². The standard InChI is InChI=1S/C10H12N4O/c1-7-6-9(4-5-10(7)15-3)14-8(2)11-12-13-14/h4-6H,1-3H3. The van der Waals surface area contributed by atoms with Gasteiger partial charge in [0.15, 0.2) is 5.82 Å². The van der Waals surface area contributed by atoms with Crippen molar-refractivity contribution in [2.24, 2.45) is 0 Å². The minimum Gasteiger partial charge on any atom is -0.496 e. The molecule has 1 heterocycles. The van der Waals surface area contributed by atoms with Crippen LogP contribution in [-0.4, -0.2) is 27.3 Å². The van der Waals surface area contributed by atoms with Crippen molar-refractivity contribution in [2.45, 2.75) is 13.8 Å². The van der Waals surface area contributed by atoms with Crippen molar-refractivity contribution >= 4 is 0 Å². The SMILES string of the molecule is COc1ccc(-n2nnnc2C)cc1C. The Balaban J connectivity index is 2.47. The summed E-state index contributed by atoms with van der Waals surface area (Å²) in [7, 11) is 1.66. The molecule has 0 atom stereocenters. The molecule has 15 heavy (non-hydrogen) atoms. The first-order valence-corrected chi connectivity index (χ1v) is 4.62. The van der Waals surface area contributed by atoms with Crippen molar-refractivity contribution in [2.75, 3.05) is 7.11 Å². The summed E-state index contributed by atoms with van der Waals surface area (Å²) in [5, 5.41) is 11.3. The molecule has 0 aliphatic rings. The van der Waals surface area contributed by atoms with Crippen LogP contribution in [0.5, 0.6) is 5.75 Å². The summed E-state index contributed by atoms with van der Waals surface area (Å²) in [6.45, 7) is 3.85. The van der Waals surface area contributed by atoms with Gasteiger partial charge >= 0.3 is 0 Å². The molecule has 0 amide bonds. The zero-order chi connectivity index (χ0) is 10.8. The lowest BCUT2D eigenvalue weighted by atomic mass is 10.2. The first kappa shape index (κ1) is 9.64. The van der Waals surface area contributed by atoms with Crippen LogP contribution in [0.4, 0.5) is 0 Å². The lowest BCUT2D eigenvalue weighted by molar-refractivity contribution is 0.411. The average molecular weight is 204 g/mol. The molecule has 1 aromatic heterocycles. The normalized spacial score (nSPS) is 10.3. The van der Waals surface area contributed by atoms with Crippen LogP contribution in [-0.2, 0) is 0 Å². The van der Waals surface area contributed by atoms with Crippen LogP contribution in [0.3, 0.4) is 0 Å². The van der Waals surface area contributed by atoms with E-state index in [0.717, 1.165) is 22.8 Å². The lowest BCUT2D eigenvalue weighted by Crippen LogP contribution is -2.00. The first-order chi connectivity index (χ1) is 7.22. The van der Waals surface area contributed by atoms with Crippen LogP contribution in [0.25, 0.3) is 5.69 Å². The highest BCUT2D eigenvalue weighted by molar-refractivity contribution is 5.43. The number of nitrogens with zero attached hydrogens (tertiary/aromatic N) is 4. The average Bonchev–Trinajstić information content (AvgIpc) is 2.64. The molecule has 5 heteroatoms. The van der Waals surface area contributed by atoms with Gasteiger partial charge in [-0.25, -0.2) is 0 Å². The number of rotatable bonds is 2. The number of hydrogen-bond acceptors (Lipinski definition) is 4. The van der Waals surface area contributed by atoms with Gasteiger partial charge in [-0.1, -0.05) is 0 Å². The van der Waals surface area contributed by atoms with Crippen LogP contribution in [0.15, 0.2) is 18.2 Å². The van der Waals surface area contributed by atoms with Gasteiger partial charge in [-0.15, -0.1) is 5.10 Å². The zero-order valence-corrected chi connectivity index (χ0v) is 8.93. The summed E-state index contributed by atoms with van der Waals surface area (Å²) in [4.78, 5) is 0. The van der Waals surface area contributed by atoms with E-state index in [0.29, 0.717) is 0 Å². The fraction of sp³-hybridized carbons (Fsp3) is 0.300. The molecule has 0 fully saturated rings. The number of ether oxygens (including phenoxy) is 1. The summed E-state index contributed by atoms with van der Waals surface area (Å²) in [6.07, 6.45) is 0. The molecule has 0 spiro atoms. The predicted molar refractivity (Wildman–Crippen MR) is 55.2 cm³/mol. The number of benzene rings is 1. The largest absolute Gasteiger partial charge is 0.496 e. The van der Waals surface area contributed by atoms with Crippen molar-refractivity contribution in [3.05, 3.63) is 29.6 Å². The minimum atomic E-state index is 0.763. The molecular formula is C10H12N4O. The molecule has 5 nitrogen and oxygen atoms in total. The zero-order valence-electron chi connectivity index (χ0n) is 8.93. The van der Waals surface area contributed by atoms with E-state index in [1.165, 1.54) is 0 Å². The Kier molecular flexibility index (Phi) is 2.37. The quantitative estimate of drug-likeness (QED) is 0.739. The van der Waals surface area contributed by atoms with Crippen molar-refractivity contribution in [3.8, 4) is 11.4 Å². The molecule has 0 saturated carbocycles. The monoisotopic (exact) mass is 204 g/mol. The Labute approximate surface area is 87.7 Å². The van der Waals surface area contributed by atoms with Gasteiger partial charge in [-0.2, -0.15) is 4.68 Å². The van der Waals surface area contributed by atoms with Gasteiger partial charge in [0.25, 0.3) is 0 Å². The Morgan fingerprint density at radius 1 is 1.27 bits per heavy atom. The van der Waals surface area contributed by atoms with Crippen LogP contribution in [0.2, 0.25) is 0 Å². The van der Waals surface area contributed by atoms with Gasteiger partial charge < -0.3 is 4.74 Å². The molecule has 0 radical (unpaired) electrons. The fourth-order valence-electron chi connectivity index (χ4n) is 1.46. The summed E-state index contributed by atoms with van der Waals surface area (Å²) < 4.78 is 6.87. The molecule has 0 aliphatic carbocycles. The Morgan fingerprint density at radius 3 is 2.60 bits per heavy atom. The van der Waals surface area contributed by atoms with Crippen LogP contribution >= 0.6 is 0 Å². The van der Waals surface area contributed by atoms with E-state index >= 15 is 0 Å². The van der Waals surface area contributed by atoms with Crippen molar-refractivity contribution in [3.63, 3.8) is 0 Å². The number of tetrazole rings is 1. The van der Waals surface area contributed by atoms with Gasteiger partial charge in [0.1, 0.15) is 5.75 Å². The molecule has 0 bridgehead atoms. The third-order valence-corrected chi connectivity index (χ3v) is 2.25. The maximum Gasteiger partial charge on any atom is 0.153 e. The number of aryl methyl sites for hydroxylation is 2. The summed E-state index contributed by atoms with van der Waals surface area (Å²) >= 11 is 0. The molecule has 0 unspecified atom stereocenters. The van der Waals surface area contributed by atoms with Crippen molar-refractivity contribution in [1.29, 1.82) is 0 Å². The fourth-order valence-corrected chi connectivity index (χ4v) is 1.46. The molecule has 0 aliphatic heterocycles. The summed E-state index contributed by atoms with van der Waals surface area (Å²) in [5.74, 6) is 1.63. The van der Waals surface area contributed by atoms with E-state index in [9.17, 15) is 0 Å². The second-order valence-corrected chi connectivity index (χ2v) is 3.29. The highest BCUT2D eigenvalue weighted by Gasteiger charge is 2.05. The van der Waals surface area contributed by atoms with E-state index in [1.807, 2.05) is 32.0 Å². The molecule has 0 N–H and O–H groups in total. The minimum absolute atomic E-state index is 0.763. The smallest absolute Gasteiger partial charge is 0.153 e. The maximum absolute atomic E-state index is 5.19. The molecule has 2 aromatic rings. The van der Waals surface area contributed by atoms with E-state index in [4.69, 9.17) is 4.74 Å². The van der Waals surface area contributed by atoms with Crippen LogP contribution < -0.4 is 4.74 Å². The van der Waals surface area contributed by atoms with Gasteiger partial charge in [0, 0.05) is 0 Å². The van der Waals surface area contributed by atoms with Crippen LogP contribution in [0.1, 0.15) is 11.4 Å². The Hall–Kier alpha value is -1.91. The summed E-state index contributed by atoms with van der Waals surface area (Å²) in [5.41, 5.74) is 2.00. The maximum atomic E-state index is 5.19. The molecule has 1 aromatic carbocycles. The van der Waals surface area contributed by atoms with Gasteiger partial charge in [-0.3, -0.25) is 0 Å². The number of aromatic nitrogens is 4. The first-order valence-electron chi connectivity index (χ1n) is 4.62. The van der Waals surface area contributed by atoms with Crippen LogP contribution in [0, 0.1) is 13.8 Å². The Bertz CT molecular complexity index is 478. The van der Waals surface area contributed by atoms with Gasteiger partial charge in [-0.05, 0) is 48.0 Å². The second-order valence-electron chi connectivity index (χ2n) is 3.29. The third kappa shape index (κ3) is 1.68.